The van der Waals surface area contributed by atoms with E-state index < -0.39 is 5.82 Å². The molecule has 0 saturated carbocycles. The maximum absolute atomic E-state index is 13.1. The summed E-state index contributed by atoms with van der Waals surface area (Å²) in [5.41, 5.74) is 0.455. The molecule has 1 atom stereocenters. The summed E-state index contributed by atoms with van der Waals surface area (Å²) >= 11 is 5.72. The summed E-state index contributed by atoms with van der Waals surface area (Å²) < 4.78 is 13.1. The first kappa shape index (κ1) is 14.3. The van der Waals surface area contributed by atoms with E-state index in [1.165, 1.54) is 18.2 Å². The Balaban J connectivity index is 2.08. The summed E-state index contributed by atoms with van der Waals surface area (Å²) in [6.07, 6.45) is 2.14. The lowest BCUT2D eigenvalue weighted by Gasteiger charge is -2.32. The van der Waals surface area contributed by atoms with Gasteiger partial charge in [0.1, 0.15) is 5.82 Å². The largest absolute Gasteiger partial charge is 0.338 e. The highest BCUT2D eigenvalue weighted by atomic mass is 35.5. The predicted octanol–water partition coefficient (Wildman–Crippen LogP) is 2.55. The number of benzene rings is 1. The smallest absolute Gasteiger partial charge is 0.253 e. The van der Waals surface area contributed by atoms with Crippen molar-refractivity contribution in [2.75, 3.05) is 26.7 Å². The Bertz CT molecular complexity index is 465. The summed E-state index contributed by atoms with van der Waals surface area (Å²) in [5.74, 6) is -0.0776. The van der Waals surface area contributed by atoms with Crippen molar-refractivity contribution in [2.45, 2.75) is 12.8 Å². The van der Waals surface area contributed by atoms with Crippen LogP contribution < -0.4 is 5.32 Å². The van der Waals surface area contributed by atoms with Crippen LogP contribution in [0.3, 0.4) is 0 Å². The van der Waals surface area contributed by atoms with Gasteiger partial charge in [0.15, 0.2) is 0 Å². The summed E-state index contributed by atoms with van der Waals surface area (Å²) in [5, 5.41) is 3.14. The summed E-state index contributed by atoms with van der Waals surface area (Å²) in [6, 6.07) is 4.14. The molecule has 1 aliphatic rings. The molecule has 1 heterocycles. The van der Waals surface area contributed by atoms with Crippen LogP contribution in [0.5, 0.6) is 0 Å². The molecule has 1 aromatic carbocycles. The molecule has 1 amide bonds. The molecular formula is C14H18ClFN2O. The van der Waals surface area contributed by atoms with Gasteiger partial charge in [0, 0.05) is 18.7 Å². The van der Waals surface area contributed by atoms with Crippen molar-refractivity contribution in [3.63, 3.8) is 0 Å². The summed E-state index contributed by atoms with van der Waals surface area (Å²) in [6.45, 7) is 2.41. The van der Waals surface area contributed by atoms with Gasteiger partial charge in [-0.05, 0) is 50.6 Å². The monoisotopic (exact) mass is 284 g/mol. The van der Waals surface area contributed by atoms with Gasteiger partial charge in [0.2, 0.25) is 0 Å². The first-order chi connectivity index (χ1) is 9.11. The van der Waals surface area contributed by atoms with Gasteiger partial charge in [-0.15, -0.1) is 0 Å². The van der Waals surface area contributed by atoms with Crippen molar-refractivity contribution in [3.05, 3.63) is 34.6 Å². The number of rotatable bonds is 3. The Morgan fingerprint density at radius 1 is 1.58 bits per heavy atom. The number of hydrogen-bond acceptors (Lipinski definition) is 2. The Morgan fingerprint density at radius 3 is 3.05 bits per heavy atom. The summed E-state index contributed by atoms with van der Waals surface area (Å²) in [4.78, 5) is 14.2. The lowest BCUT2D eigenvalue weighted by Crippen LogP contribution is -2.42. The minimum Gasteiger partial charge on any atom is -0.338 e. The predicted molar refractivity (Wildman–Crippen MR) is 74.0 cm³/mol. The SMILES string of the molecule is CNCC1CCCN(C(=O)c2ccc(F)c(Cl)c2)C1. The van der Waals surface area contributed by atoms with Crippen LogP contribution in [-0.4, -0.2) is 37.5 Å². The van der Waals surface area contributed by atoms with Crippen LogP contribution in [-0.2, 0) is 0 Å². The van der Waals surface area contributed by atoms with Gasteiger partial charge in [-0.1, -0.05) is 11.6 Å². The molecule has 2 rings (SSSR count). The van der Waals surface area contributed by atoms with E-state index in [-0.39, 0.29) is 10.9 Å². The highest BCUT2D eigenvalue weighted by Crippen LogP contribution is 2.21. The molecule has 0 radical (unpaired) electrons. The van der Waals surface area contributed by atoms with Gasteiger partial charge in [0.05, 0.1) is 5.02 Å². The maximum Gasteiger partial charge on any atom is 0.253 e. The van der Waals surface area contributed by atoms with Crippen LogP contribution in [0, 0.1) is 11.7 Å². The Labute approximate surface area is 117 Å². The van der Waals surface area contributed by atoms with Crippen molar-refractivity contribution in [2.24, 2.45) is 5.92 Å². The lowest BCUT2D eigenvalue weighted by molar-refractivity contribution is 0.0674. The number of carbonyl (C=O) groups is 1. The molecule has 3 nitrogen and oxygen atoms in total. The van der Waals surface area contributed by atoms with Crippen molar-refractivity contribution >= 4 is 17.5 Å². The lowest BCUT2D eigenvalue weighted by atomic mass is 9.97. The summed E-state index contributed by atoms with van der Waals surface area (Å²) in [7, 11) is 1.92. The highest BCUT2D eigenvalue weighted by molar-refractivity contribution is 6.31. The molecule has 5 heteroatoms. The van der Waals surface area contributed by atoms with E-state index in [1.807, 2.05) is 11.9 Å². The zero-order valence-electron chi connectivity index (χ0n) is 11.0. The van der Waals surface area contributed by atoms with E-state index >= 15 is 0 Å². The number of halogens is 2. The van der Waals surface area contributed by atoms with E-state index in [0.29, 0.717) is 11.5 Å². The molecule has 1 fully saturated rings. The van der Waals surface area contributed by atoms with Crippen LogP contribution in [0.15, 0.2) is 18.2 Å². The molecule has 1 N–H and O–H groups in total. The number of likely N-dealkylation sites (tertiary alicyclic amines) is 1. The molecule has 0 aromatic heterocycles. The maximum atomic E-state index is 13.1. The molecule has 104 valence electrons. The minimum absolute atomic E-state index is 0.00497. The topological polar surface area (TPSA) is 32.3 Å². The fourth-order valence-electron chi connectivity index (χ4n) is 2.52. The standard InChI is InChI=1S/C14H18ClFN2O/c1-17-8-10-3-2-6-18(9-10)14(19)11-4-5-13(16)12(15)7-11/h4-5,7,10,17H,2-3,6,8-9H2,1H3. The van der Waals surface area contributed by atoms with Crippen LogP contribution >= 0.6 is 11.6 Å². The first-order valence-corrected chi connectivity index (χ1v) is 6.88. The second kappa shape index (κ2) is 6.35. The van der Waals surface area contributed by atoms with Gasteiger partial charge in [-0.2, -0.15) is 0 Å². The van der Waals surface area contributed by atoms with Crippen LogP contribution in [0.25, 0.3) is 0 Å². The van der Waals surface area contributed by atoms with Crippen LogP contribution in [0.1, 0.15) is 23.2 Å². The quantitative estimate of drug-likeness (QED) is 0.925. The van der Waals surface area contributed by atoms with Gasteiger partial charge in [-0.3, -0.25) is 4.79 Å². The van der Waals surface area contributed by atoms with E-state index in [4.69, 9.17) is 11.6 Å². The molecule has 1 saturated heterocycles. The number of piperidine rings is 1. The number of hydrogen-bond donors (Lipinski definition) is 1. The second-order valence-corrected chi connectivity index (χ2v) is 5.35. The number of amides is 1. The fourth-order valence-corrected chi connectivity index (χ4v) is 2.70. The normalized spacial score (nSPS) is 19.5. The van der Waals surface area contributed by atoms with E-state index in [9.17, 15) is 9.18 Å². The zero-order chi connectivity index (χ0) is 13.8. The molecule has 0 bridgehead atoms. The van der Waals surface area contributed by atoms with Gasteiger partial charge in [0.25, 0.3) is 5.91 Å². The molecule has 19 heavy (non-hydrogen) atoms. The second-order valence-electron chi connectivity index (χ2n) is 4.95. The third kappa shape index (κ3) is 3.45. The van der Waals surface area contributed by atoms with Crippen molar-refractivity contribution < 1.29 is 9.18 Å². The van der Waals surface area contributed by atoms with Crippen LogP contribution in [0.2, 0.25) is 5.02 Å². The highest BCUT2D eigenvalue weighted by Gasteiger charge is 2.24. The zero-order valence-corrected chi connectivity index (χ0v) is 11.7. The number of carbonyl (C=O) groups excluding carboxylic acids is 1. The van der Waals surface area contributed by atoms with Gasteiger partial charge < -0.3 is 10.2 Å². The Hall–Kier alpha value is -1.13. The molecule has 1 aromatic rings. The van der Waals surface area contributed by atoms with E-state index in [0.717, 1.165) is 32.5 Å². The molecular weight excluding hydrogens is 267 g/mol. The molecule has 1 unspecified atom stereocenters. The minimum atomic E-state index is -0.495. The molecule has 1 aliphatic heterocycles. The van der Waals surface area contributed by atoms with Crippen molar-refractivity contribution in [1.29, 1.82) is 0 Å². The Morgan fingerprint density at radius 2 is 2.37 bits per heavy atom. The fraction of sp³-hybridized carbons (Fsp3) is 0.500. The van der Waals surface area contributed by atoms with E-state index in [2.05, 4.69) is 5.32 Å². The third-order valence-corrected chi connectivity index (χ3v) is 3.76. The molecule has 0 aliphatic carbocycles. The van der Waals surface area contributed by atoms with Gasteiger partial charge in [-0.25, -0.2) is 4.39 Å². The third-order valence-electron chi connectivity index (χ3n) is 3.47. The average Bonchev–Trinajstić information content (AvgIpc) is 2.42. The Kier molecular flexibility index (Phi) is 4.77. The molecule has 0 spiro atoms. The van der Waals surface area contributed by atoms with E-state index in [1.54, 1.807) is 0 Å². The average molecular weight is 285 g/mol. The number of nitrogens with zero attached hydrogens (tertiary/aromatic N) is 1. The first-order valence-electron chi connectivity index (χ1n) is 6.50. The van der Waals surface area contributed by atoms with Gasteiger partial charge >= 0.3 is 0 Å². The number of nitrogens with one attached hydrogen (secondary N) is 1. The van der Waals surface area contributed by atoms with Crippen LogP contribution in [0.4, 0.5) is 4.39 Å². The van der Waals surface area contributed by atoms with Crippen molar-refractivity contribution in [1.82, 2.24) is 10.2 Å². The van der Waals surface area contributed by atoms with Crippen molar-refractivity contribution in [3.8, 4) is 0 Å².